The molecule has 0 aliphatic carbocycles. The second-order valence-electron chi connectivity index (χ2n) is 6.81. The van der Waals surface area contributed by atoms with E-state index in [-0.39, 0.29) is 5.91 Å². The summed E-state index contributed by atoms with van der Waals surface area (Å²) >= 11 is 5.42. The summed E-state index contributed by atoms with van der Waals surface area (Å²) in [5.41, 5.74) is 4.40. The van der Waals surface area contributed by atoms with Crippen LogP contribution in [0, 0.1) is 13.8 Å². The molecule has 1 aliphatic heterocycles. The number of aryl methyl sites for hydroxylation is 2. The Labute approximate surface area is 176 Å². The summed E-state index contributed by atoms with van der Waals surface area (Å²) in [6.45, 7) is 4.41. The smallest absolute Gasteiger partial charge is 0.255 e. The van der Waals surface area contributed by atoms with Gasteiger partial charge in [-0.25, -0.2) is 0 Å². The molecular formula is C22H24N2O4S. The van der Waals surface area contributed by atoms with Crippen molar-refractivity contribution in [1.29, 1.82) is 0 Å². The van der Waals surface area contributed by atoms with Crippen LogP contribution in [0.4, 0.5) is 5.69 Å². The average molecular weight is 413 g/mol. The molecule has 1 saturated heterocycles. The highest BCUT2D eigenvalue weighted by Crippen LogP contribution is 2.36. The van der Waals surface area contributed by atoms with Gasteiger partial charge in [0.25, 0.3) is 5.91 Å². The molecule has 2 aromatic carbocycles. The largest absolute Gasteiger partial charge is 0.496 e. The van der Waals surface area contributed by atoms with Gasteiger partial charge in [-0.15, -0.1) is 0 Å². The molecule has 0 saturated carbocycles. The lowest BCUT2D eigenvalue weighted by molar-refractivity contribution is -0.116. The second kappa shape index (κ2) is 8.53. The van der Waals surface area contributed by atoms with E-state index < -0.39 is 0 Å². The molecule has 0 radical (unpaired) electrons. The molecule has 152 valence electrons. The van der Waals surface area contributed by atoms with Crippen LogP contribution in [0.5, 0.6) is 17.2 Å². The van der Waals surface area contributed by atoms with Crippen molar-refractivity contribution in [2.75, 3.05) is 32.8 Å². The Kier molecular flexibility index (Phi) is 6.08. The zero-order chi connectivity index (χ0) is 21.1. The van der Waals surface area contributed by atoms with Crippen molar-refractivity contribution in [3.05, 3.63) is 52.6 Å². The van der Waals surface area contributed by atoms with Crippen LogP contribution in [0.1, 0.15) is 16.7 Å². The summed E-state index contributed by atoms with van der Waals surface area (Å²) < 4.78 is 16.3. The van der Waals surface area contributed by atoms with Gasteiger partial charge in [0, 0.05) is 23.4 Å². The molecule has 29 heavy (non-hydrogen) atoms. The Morgan fingerprint density at radius 3 is 2.07 bits per heavy atom. The van der Waals surface area contributed by atoms with Crippen molar-refractivity contribution >= 4 is 35.0 Å². The zero-order valence-electron chi connectivity index (χ0n) is 17.2. The van der Waals surface area contributed by atoms with Crippen molar-refractivity contribution in [3.63, 3.8) is 0 Å². The number of benzene rings is 2. The number of rotatable bonds is 5. The molecule has 1 N–H and O–H groups in total. The SMILES string of the molecule is COc1cc(OC)c(/C=C2\CN(c3cc(C)cc(C)c3)C(=S)NC2=O)c(OC)c1. The van der Waals surface area contributed by atoms with Crippen LogP contribution in [0.3, 0.4) is 0 Å². The number of nitrogens with zero attached hydrogens (tertiary/aromatic N) is 1. The van der Waals surface area contributed by atoms with E-state index in [1.54, 1.807) is 39.5 Å². The highest BCUT2D eigenvalue weighted by Gasteiger charge is 2.27. The summed E-state index contributed by atoms with van der Waals surface area (Å²) in [6.07, 6.45) is 1.77. The van der Waals surface area contributed by atoms with Gasteiger partial charge in [0.15, 0.2) is 5.11 Å². The fourth-order valence-corrected chi connectivity index (χ4v) is 3.60. The van der Waals surface area contributed by atoms with Gasteiger partial charge in [-0.2, -0.15) is 0 Å². The van der Waals surface area contributed by atoms with Crippen LogP contribution < -0.4 is 24.4 Å². The molecular weight excluding hydrogens is 388 g/mol. The molecule has 1 fully saturated rings. The predicted octanol–water partition coefficient (Wildman–Crippen LogP) is 3.63. The van der Waals surface area contributed by atoms with Gasteiger partial charge in [-0.3, -0.25) is 10.1 Å². The fourth-order valence-electron chi connectivity index (χ4n) is 3.33. The first-order chi connectivity index (χ1) is 13.9. The van der Waals surface area contributed by atoms with Crippen molar-refractivity contribution in [3.8, 4) is 17.2 Å². The number of ether oxygens (including phenoxy) is 3. The monoisotopic (exact) mass is 412 g/mol. The Hall–Kier alpha value is -3.06. The first-order valence-electron chi connectivity index (χ1n) is 9.08. The number of hydrogen-bond acceptors (Lipinski definition) is 5. The molecule has 0 bridgehead atoms. The van der Waals surface area contributed by atoms with Crippen molar-refractivity contribution in [2.45, 2.75) is 13.8 Å². The lowest BCUT2D eigenvalue weighted by atomic mass is 10.0. The Morgan fingerprint density at radius 1 is 0.966 bits per heavy atom. The maximum absolute atomic E-state index is 12.6. The second-order valence-corrected chi connectivity index (χ2v) is 7.19. The van der Waals surface area contributed by atoms with E-state index in [9.17, 15) is 4.79 Å². The Morgan fingerprint density at radius 2 is 1.55 bits per heavy atom. The van der Waals surface area contributed by atoms with Gasteiger partial charge >= 0.3 is 0 Å². The van der Waals surface area contributed by atoms with Gasteiger partial charge in [-0.1, -0.05) is 6.07 Å². The Bertz CT molecular complexity index is 955. The molecule has 2 aromatic rings. The van der Waals surface area contributed by atoms with Gasteiger partial charge in [0.2, 0.25) is 0 Å². The molecule has 0 atom stereocenters. The summed E-state index contributed by atoms with van der Waals surface area (Å²) in [5.74, 6) is 1.46. The molecule has 1 amide bonds. The number of methoxy groups -OCH3 is 3. The van der Waals surface area contributed by atoms with Crippen LogP contribution in [0.25, 0.3) is 6.08 Å². The highest BCUT2D eigenvalue weighted by molar-refractivity contribution is 7.80. The molecule has 0 unspecified atom stereocenters. The average Bonchev–Trinajstić information content (AvgIpc) is 2.68. The van der Waals surface area contributed by atoms with E-state index in [2.05, 4.69) is 11.4 Å². The predicted molar refractivity (Wildman–Crippen MR) is 118 cm³/mol. The van der Waals surface area contributed by atoms with Crippen LogP contribution >= 0.6 is 12.2 Å². The molecule has 0 aromatic heterocycles. The fraction of sp³-hybridized carbons (Fsp3) is 0.273. The lowest BCUT2D eigenvalue weighted by Crippen LogP contribution is -2.50. The van der Waals surface area contributed by atoms with Crippen LogP contribution in [-0.2, 0) is 4.79 Å². The maximum atomic E-state index is 12.6. The zero-order valence-corrected chi connectivity index (χ0v) is 18.0. The first kappa shape index (κ1) is 20.7. The van der Waals surface area contributed by atoms with Gasteiger partial charge in [0.05, 0.1) is 33.4 Å². The van der Waals surface area contributed by atoms with Gasteiger partial charge in [-0.05, 0) is 55.4 Å². The third kappa shape index (κ3) is 4.35. The highest BCUT2D eigenvalue weighted by atomic mass is 32.1. The van der Waals surface area contributed by atoms with E-state index in [0.29, 0.717) is 40.0 Å². The van der Waals surface area contributed by atoms with E-state index in [0.717, 1.165) is 16.8 Å². The maximum Gasteiger partial charge on any atom is 0.255 e. The summed E-state index contributed by atoms with van der Waals surface area (Å²) in [7, 11) is 4.70. The van der Waals surface area contributed by atoms with E-state index in [1.165, 1.54) is 0 Å². The molecule has 1 heterocycles. The molecule has 3 rings (SSSR count). The number of amides is 1. The lowest BCUT2D eigenvalue weighted by Gasteiger charge is -2.31. The molecule has 0 spiro atoms. The van der Waals surface area contributed by atoms with Gasteiger partial charge < -0.3 is 19.1 Å². The van der Waals surface area contributed by atoms with Crippen LogP contribution in [-0.4, -0.2) is 38.9 Å². The molecule has 7 heteroatoms. The van der Waals surface area contributed by atoms with E-state index in [1.807, 2.05) is 30.9 Å². The van der Waals surface area contributed by atoms with Crippen molar-refractivity contribution in [2.24, 2.45) is 0 Å². The van der Waals surface area contributed by atoms with Crippen molar-refractivity contribution < 1.29 is 19.0 Å². The van der Waals surface area contributed by atoms with Crippen molar-refractivity contribution in [1.82, 2.24) is 5.32 Å². The number of nitrogens with one attached hydrogen (secondary N) is 1. The number of thiocarbonyl (C=S) groups is 1. The first-order valence-corrected chi connectivity index (χ1v) is 9.48. The van der Waals surface area contributed by atoms with Crippen LogP contribution in [0.15, 0.2) is 35.9 Å². The number of carbonyl (C=O) groups excluding carboxylic acids is 1. The topological polar surface area (TPSA) is 60.0 Å². The van der Waals surface area contributed by atoms with E-state index in [4.69, 9.17) is 26.4 Å². The van der Waals surface area contributed by atoms with E-state index >= 15 is 0 Å². The summed E-state index contributed by atoms with van der Waals surface area (Å²) in [5, 5.41) is 3.16. The number of anilines is 1. The standard InChI is InChI=1S/C22H24N2O4S/c1-13-6-14(2)8-16(7-13)24-12-15(21(25)23-22(24)29)9-18-19(27-4)10-17(26-3)11-20(18)28-5/h6-11H,12H2,1-5H3,(H,23,25,29)/b15-9+. The third-order valence-electron chi connectivity index (χ3n) is 4.68. The minimum atomic E-state index is -0.240. The minimum Gasteiger partial charge on any atom is -0.496 e. The van der Waals surface area contributed by atoms with Gasteiger partial charge in [0.1, 0.15) is 17.2 Å². The normalized spacial score (nSPS) is 15.3. The molecule has 1 aliphatic rings. The van der Waals surface area contributed by atoms with Crippen LogP contribution in [0.2, 0.25) is 0 Å². The summed E-state index contributed by atoms with van der Waals surface area (Å²) in [4.78, 5) is 14.6. The number of carbonyl (C=O) groups is 1. The third-order valence-corrected chi connectivity index (χ3v) is 5.00. The number of hydrogen-bond donors (Lipinski definition) is 1. The molecule has 6 nitrogen and oxygen atoms in total. The minimum absolute atomic E-state index is 0.240. The quantitative estimate of drug-likeness (QED) is 0.598. The summed E-state index contributed by atoms with van der Waals surface area (Å²) in [6, 6.07) is 9.69. The Balaban J connectivity index is 2.05.